The molecule has 0 unspecified atom stereocenters. The van der Waals surface area contributed by atoms with Crippen LogP contribution < -0.4 is 5.32 Å². The molecule has 0 saturated carbocycles. The molecule has 25 heavy (non-hydrogen) atoms. The van der Waals surface area contributed by atoms with E-state index in [-0.39, 0.29) is 0 Å². The number of anilines is 1. The average molecular weight is 329 g/mol. The van der Waals surface area contributed by atoms with Crippen LogP contribution in [-0.4, -0.2) is 4.98 Å². The van der Waals surface area contributed by atoms with E-state index in [1.54, 1.807) is 12.3 Å². The Hall–Kier alpha value is -3.16. The van der Waals surface area contributed by atoms with Gasteiger partial charge >= 0.3 is 0 Å². The largest absolute Gasteiger partial charge is 0.380 e. The number of rotatable bonds is 7. The molecular weight excluding hydrogens is 310 g/mol. The molecule has 1 heterocycles. The summed E-state index contributed by atoms with van der Waals surface area (Å²) in [5.74, 6) is 0. The SMILES string of the molecule is N#Cc1ccc(NCc2ccccc2COCc2ccccc2)cn1. The molecule has 0 aliphatic heterocycles. The Morgan fingerprint density at radius 1 is 0.880 bits per heavy atom. The van der Waals surface area contributed by atoms with Crippen molar-refractivity contribution >= 4 is 5.69 Å². The zero-order chi connectivity index (χ0) is 17.3. The predicted octanol–water partition coefficient (Wildman–Crippen LogP) is 4.28. The van der Waals surface area contributed by atoms with Gasteiger partial charge in [0.2, 0.25) is 0 Å². The Balaban J connectivity index is 1.57. The van der Waals surface area contributed by atoms with E-state index in [1.165, 1.54) is 11.1 Å². The summed E-state index contributed by atoms with van der Waals surface area (Å²) in [6.07, 6.45) is 1.67. The van der Waals surface area contributed by atoms with Gasteiger partial charge in [0.05, 0.1) is 25.1 Å². The molecule has 1 N–H and O–H groups in total. The smallest absolute Gasteiger partial charge is 0.140 e. The Morgan fingerprint density at radius 2 is 1.64 bits per heavy atom. The molecular formula is C21H19N3O. The quantitative estimate of drug-likeness (QED) is 0.703. The van der Waals surface area contributed by atoms with Crippen LogP contribution >= 0.6 is 0 Å². The van der Waals surface area contributed by atoms with Crippen molar-refractivity contribution in [3.05, 3.63) is 95.3 Å². The molecule has 0 fully saturated rings. The van der Waals surface area contributed by atoms with Gasteiger partial charge < -0.3 is 10.1 Å². The molecule has 0 aliphatic carbocycles. The van der Waals surface area contributed by atoms with E-state index in [2.05, 4.69) is 34.6 Å². The Kier molecular flexibility index (Phi) is 5.76. The van der Waals surface area contributed by atoms with Gasteiger partial charge in [0.15, 0.2) is 0 Å². The Bertz CT molecular complexity index is 839. The van der Waals surface area contributed by atoms with Crippen LogP contribution in [0.2, 0.25) is 0 Å². The van der Waals surface area contributed by atoms with Crippen molar-refractivity contribution in [3.63, 3.8) is 0 Å². The molecule has 0 amide bonds. The molecule has 2 aromatic carbocycles. The van der Waals surface area contributed by atoms with E-state index >= 15 is 0 Å². The number of nitriles is 1. The number of nitrogens with one attached hydrogen (secondary N) is 1. The predicted molar refractivity (Wildman–Crippen MR) is 97.7 cm³/mol. The second kappa shape index (κ2) is 8.62. The van der Waals surface area contributed by atoms with E-state index in [0.717, 1.165) is 11.3 Å². The minimum absolute atomic E-state index is 0.417. The number of hydrogen-bond donors (Lipinski definition) is 1. The van der Waals surface area contributed by atoms with Crippen LogP contribution in [0.1, 0.15) is 22.4 Å². The molecule has 4 heteroatoms. The second-order valence-electron chi connectivity index (χ2n) is 5.64. The van der Waals surface area contributed by atoms with Crippen LogP contribution in [0.25, 0.3) is 0 Å². The van der Waals surface area contributed by atoms with Crippen molar-refractivity contribution in [1.29, 1.82) is 5.26 Å². The molecule has 0 radical (unpaired) electrons. The number of benzene rings is 2. The third-order valence-electron chi connectivity index (χ3n) is 3.85. The van der Waals surface area contributed by atoms with Crippen LogP contribution in [0.4, 0.5) is 5.69 Å². The molecule has 0 aliphatic rings. The molecule has 4 nitrogen and oxygen atoms in total. The van der Waals surface area contributed by atoms with Gasteiger partial charge in [0.25, 0.3) is 0 Å². The van der Waals surface area contributed by atoms with E-state index in [9.17, 15) is 0 Å². The van der Waals surface area contributed by atoms with Crippen molar-refractivity contribution in [3.8, 4) is 6.07 Å². The zero-order valence-electron chi connectivity index (χ0n) is 13.9. The lowest BCUT2D eigenvalue weighted by Crippen LogP contribution is -2.04. The van der Waals surface area contributed by atoms with E-state index in [4.69, 9.17) is 10.00 Å². The lowest BCUT2D eigenvalue weighted by atomic mass is 10.1. The highest BCUT2D eigenvalue weighted by molar-refractivity contribution is 5.44. The van der Waals surface area contributed by atoms with E-state index < -0.39 is 0 Å². The van der Waals surface area contributed by atoms with Gasteiger partial charge in [-0.2, -0.15) is 5.26 Å². The number of ether oxygens (including phenoxy) is 1. The topological polar surface area (TPSA) is 57.9 Å². The highest BCUT2D eigenvalue weighted by Gasteiger charge is 2.03. The van der Waals surface area contributed by atoms with Gasteiger partial charge in [-0.3, -0.25) is 0 Å². The minimum Gasteiger partial charge on any atom is -0.380 e. The van der Waals surface area contributed by atoms with Gasteiger partial charge in [0.1, 0.15) is 11.8 Å². The van der Waals surface area contributed by atoms with Crippen molar-refractivity contribution < 1.29 is 4.74 Å². The number of nitrogens with zero attached hydrogens (tertiary/aromatic N) is 2. The van der Waals surface area contributed by atoms with Crippen molar-refractivity contribution in [1.82, 2.24) is 4.98 Å². The third kappa shape index (κ3) is 4.90. The standard InChI is InChI=1S/C21H19N3O/c22-12-20-10-11-21(14-24-20)23-13-18-8-4-5-9-19(18)16-25-15-17-6-2-1-3-7-17/h1-11,14,23H,13,15-16H2. The molecule has 0 atom stereocenters. The molecule has 0 saturated heterocycles. The second-order valence-corrected chi connectivity index (χ2v) is 5.64. The first-order valence-corrected chi connectivity index (χ1v) is 8.13. The first-order chi connectivity index (χ1) is 12.3. The van der Waals surface area contributed by atoms with Crippen LogP contribution in [0, 0.1) is 11.3 Å². The molecule has 0 bridgehead atoms. The first-order valence-electron chi connectivity index (χ1n) is 8.13. The summed E-state index contributed by atoms with van der Waals surface area (Å²) in [4.78, 5) is 4.07. The maximum absolute atomic E-state index is 8.79. The van der Waals surface area contributed by atoms with Gasteiger partial charge in [-0.15, -0.1) is 0 Å². The lowest BCUT2D eigenvalue weighted by Gasteiger charge is -2.12. The third-order valence-corrected chi connectivity index (χ3v) is 3.85. The van der Waals surface area contributed by atoms with E-state index in [0.29, 0.717) is 25.5 Å². The fraction of sp³-hybridized carbons (Fsp3) is 0.143. The minimum atomic E-state index is 0.417. The van der Waals surface area contributed by atoms with Gasteiger partial charge in [-0.1, -0.05) is 54.6 Å². The van der Waals surface area contributed by atoms with Gasteiger partial charge in [0, 0.05) is 6.54 Å². The number of aromatic nitrogens is 1. The molecule has 1 aromatic heterocycles. The summed E-state index contributed by atoms with van der Waals surface area (Å²) >= 11 is 0. The highest BCUT2D eigenvalue weighted by Crippen LogP contribution is 2.14. The molecule has 3 aromatic rings. The number of hydrogen-bond acceptors (Lipinski definition) is 4. The molecule has 0 spiro atoms. The summed E-state index contributed by atoms with van der Waals surface area (Å²) in [5, 5.41) is 12.1. The highest BCUT2D eigenvalue weighted by atomic mass is 16.5. The monoisotopic (exact) mass is 329 g/mol. The fourth-order valence-electron chi connectivity index (χ4n) is 2.49. The van der Waals surface area contributed by atoms with Crippen LogP contribution in [0.5, 0.6) is 0 Å². The zero-order valence-corrected chi connectivity index (χ0v) is 13.9. The van der Waals surface area contributed by atoms with Gasteiger partial charge in [-0.05, 0) is 28.8 Å². The summed E-state index contributed by atoms with van der Waals surface area (Å²) in [6.45, 7) is 1.85. The van der Waals surface area contributed by atoms with Crippen LogP contribution in [0.15, 0.2) is 72.9 Å². The van der Waals surface area contributed by atoms with Crippen LogP contribution in [0.3, 0.4) is 0 Å². The molecule has 3 rings (SSSR count). The summed E-state index contributed by atoms with van der Waals surface area (Å²) in [5.41, 5.74) is 4.81. The maximum atomic E-state index is 8.79. The fourth-order valence-corrected chi connectivity index (χ4v) is 2.49. The van der Waals surface area contributed by atoms with Crippen molar-refractivity contribution in [2.24, 2.45) is 0 Å². The Morgan fingerprint density at radius 3 is 2.36 bits per heavy atom. The molecule has 124 valence electrons. The van der Waals surface area contributed by atoms with Crippen LogP contribution in [-0.2, 0) is 24.5 Å². The first kappa shape index (κ1) is 16.7. The summed E-state index contributed by atoms with van der Waals surface area (Å²) < 4.78 is 5.85. The normalized spacial score (nSPS) is 10.2. The Labute approximate surface area is 147 Å². The van der Waals surface area contributed by atoms with Crippen molar-refractivity contribution in [2.75, 3.05) is 5.32 Å². The average Bonchev–Trinajstić information content (AvgIpc) is 2.68. The van der Waals surface area contributed by atoms with Gasteiger partial charge in [-0.25, -0.2) is 4.98 Å². The summed E-state index contributed by atoms with van der Waals surface area (Å²) in [7, 11) is 0. The maximum Gasteiger partial charge on any atom is 0.140 e. The lowest BCUT2D eigenvalue weighted by molar-refractivity contribution is 0.106. The van der Waals surface area contributed by atoms with Crippen molar-refractivity contribution in [2.45, 2.75) is 19.8 Å². The summed E-state index contributed by atoms with van der Waals surface area (Å²) in [6, 6.07) is 24.0. The number of pyridine rings is 1. The van der Waals surface area contributed by atoms with E-state index in [1.807, 2.05) is 42.5 Å².